The number of Topliss-reactive ketones (excluding diaryl/α,β-unsaturated/α-hetero) is 1. The predicted octanol–water partition coefficient (Wildman–Crippen LogP) is 1.80. The van der Waals surface area contributed by atoms with Gasteiger partial charge in [-0.3, -0.25) is 9.48 Å². The highest BCUT2D eigenvalue weighted by atomic mass is 16.1. The fourth-order valence-electron chi connectivity index (χ4n) is 1.91. The smallest absolute Gasteiger partial charge is 0.178 e. The van der Waals surface area contributed by atoms with E-state index in [4.69, 9.17) is 0 Å². The summed E-state index contributed by atoms with van der Waals surface area (Å²) >= 11 is 0. The Balaban J connectivity index is 2.46. The fraction of sp³-hybridized carbons (Fsp3) is 0.385. The molecule has 2 aromatic rings. The van der Waals surface area contributed by atoms with Crippen LogP contribution < -0.4 is 0 Å². The lowest BCUT2D eigenvalue weighted by molar-refractivity contribution is 0.100. The second-order valence-corrected chi connectivity index (χ2v) is 4.45. The van der Waals surface area contributed by atoms with E-state index >= 15 is 0 Å². The minimum absolute atomic E-state index is 0.0671. The molecule has 0 unspecified atom stereocenters. The van der Waals surface area contributed by atoms with Crippen molar-refractivity contribution in [1.82, 2.24) is 14.7 Å². The third-order valence-corrected chi connectivity index (χ3v) is 2.74. The van der Waals surface area contributed by atoms with Crippen LogP contribution in [0.25, 0.3) is 10.9 Å². The molecule has 0 bridgehead atoms. The highest BCUT2D eigenvalue weighted by molar-refractivity contribution is 6.04. The molecule has 0 aliphatic rings. The lowest BCUT2D eigenvalue weighted by Gasteiger charge is -2.10. The van der Waals surface area contributed by atoms with Crippen molar-refractivity contribution in [3.63, 3.8) is 0 Å². The van der Waals surface area contributed by atoms with Gasteiger partial charge in [0.25, 0.3) is 0 Å². The van der Waals surface area contributed by atoms with Crippen molar-refractivity contribution in [3.8, 4) is 0 Å². The molecule has 0 radical (unpaired) electrons. The number of fused-ring (bicyclic) bond motifs is 1. The summed E-state index contributed by atoms with van der Waals surface area (Å²) in [6.07, 6.45) is 0. The molecule has 0 saturated carbocycles. The van der Waals surface area contributed by atoms with Crippen LogP contribution in [0.1, 0.15) is 17.4 Å². The molecule has 0 amide bonds. The van der Waals surface area contributed by atoms with Crippen molar-refractivity contribution in [3.05, 3.63) is 30.0 Å². The van der Waals surface area contributed by atoms with Crippen LogP contribution in [0.5, 0.6) is 0 Å². The summed E-state index contributed by atoms with van der Waals surface area (Å²) in [4.78, 5) is 13.8. The number of benzene rings is 1. The third kappa shape index (κ3) is 2.36. The Labute approximate surface area is 101 Å². The largest absolute Gasteiger partial charge is 0.308 e. The van der Waals surface area contributed by atoms with Gasteiger partial charge in [0, 0.05) is 18.9 Å². The SMILES string of the molecule is CC(=O)c1c2ccccc2nn1CCN(C)C. The van der Waals surface area contributed by atoms with E-state index in [1.165, 1.54) is 0 Å². The highest BCUT2D eigenvalue weighted by Crippen LogP contribution is 2.18. The van der Waals surface area contributed by atoms with Gasteiger partial charge in [0.2, 0.25) is 0 Å². The normalized spacial score (nSPS) is 11.3. The topological polar surface area (TPSA) is 38.1 Å². The summed E-state index contributed by atoms with van der Waals surface area (Å²) in [5.74, 6) is 0.0671. The molecule has 0 spiro atoms. The van der Waals surface area contributed by atoms with Gasteiger partial charge in [-0.1, -0.05) is 18.2 Å². The van der Waals surface area contributed by atoms with Crippen molar-refractivity contribution < 1.29 is 4.79 Å². The van der Waals surface area contributed by atoms with Gasteiger partial charge in [-0.05, 0) is 20.2 Å². The maximum absolute atomic E-state index is 11.7. The number of nitrogens with zero attached hydrogens (tertiary/aromatic N) is 3. The molecule has 1 aromatic carbocycles. The first-order valence-corrected chi connectivity index (χ1v) is 5.71. The maximum atomic E-state index is 11.7. The Morgan fingerprint density at radius 2 is 2.06 bits per heavy atom. The van der Waals surface area contributed by atoms with Gasteiger partial charge in [-0.15, -0.1) is 0 Å². The van der Waals surface area contributed by atoms with Crippen molar-refractivity contribution in [2.45, 2.75) is 13.5 Å². The standard InChI is InChI=1S/C13H17N3O/c1-10(17)13-11-6-4-5-7-12(11)14-16(13)9-8-15(2)3/h4-7H,8-9H2,1-3H3. The zero-order valence-electron chi connectivity index (χ0n) is 10.5. The zero-order valence-corrected chi connectivity index (χ0v) is 10.5. The molecule has 0 aliphatic heterocycles. The van der Waals surface area contributed by atoms with Crippen LogP contribution in [0.3, 0.4) is 0 Å². The van der Waals surface area contributed by atoms with E-state index in [0.29, 0.717) is 5.69 Å². The summed E-state index contributed by atoms with van der Waals surface area (Å²) in [6, 6.07) is 7.77. The molecule has 0 atom stereocenters. The Morgan fingerprint density at radius 3 is 2.71 bits per heavy atom. The van der Waals surface area contributed by atoms with Crippen molar-refractivity contribution >= 4 is 16.7 Å². The van der Waals surface area contributed by atoms with Crippen molar-refractivity contribution in [2.75, 3.05) is 20.6 Å². The number of hydrogen-bond donors (Lipinski definition) is 0. The molecule has 1 aromatic heterocycles. The van der Waals surface area contributed by atoms with Crippen LogP contribution >= 0.6 is 0 Å². The molecule has 1 heterocycles. The molecule has 17 heavy (non-hydrogen) atoms. The average Bonchev–Trinajstić information content (AvgIpc) is 2.64. The Kier molecular flexibility index (Phi) is 3.24. The van der Waals surface area contributed by atoms with Gasteiger partial charge in [-0.2, -0.15) is 5.10 Å². The zero-order chi connectivity index (χ0) is 12.4. The van der Waals surface area contributed by atoms with Gasteiger partial charge in [-0.25, -0.2) is 0 Å². The maximum Gasteiger partial charge on any atom is 0.178 e. The summed E-state index contributed by atoms with van der Waals surface area (Å²) in [7, 11) is 4.02. The number of ketones is 1. The number of rotatable bonds is 4. The van der Waals surface area contributed by atoms with Gasteiger partial charge in [0.05, 0.1) is 12.1 Å². The second-order valence-electron chi connectivity index (χ2n) is 4.45. The highest BCUT2D eigenvalue weighted by Gasteiger charge is 2.14. The minimum atomic E-state index is 0.0671. The first-order chi connectivity index (χ1) is 8.09. The molecular formula is C13H17N3O. The first-order valence-electron chi connectivity index (χ1n) is 5.71. The number of carbonyl (C=O) groups excluding carboxylic acids is 1. The first kappa shape index (κ1) is 11.8. The summed E-state index contributed by atoms with van der Waals surface area (Å²) in [6.45, 7) is 3.19. The predicted molar refractivity (Wildman–Crippen MR) is 68.3 cm³/mol. The molecule has 0 aliphatic carbocycles. The molecule has 90 valence electrons. The molecule has 4 nitrogen and oxygen atoms in total. The Morgan fingerprint density at radius 1 is 1.35 bits per heavy atom. The van der Waals surface area contributed by atoms with Crippen LogP contribution in [0.2, 0.25) is 0 Å². The Hall–Kier alpha value is -1.68. The number of hydrogen-bond acceptors (Lipinski definition) is 3. The van der Waals surface area contributed by atoms with Crippen molar-refractivity contribution in [2.24, 2.45) is 0 Å². The number of likely N-dealkylation sites (N-methyl/N-ethyl adjacent to an activating group) is 1. The molecule has 0 fully saturated rings. The summed E-state index contributed by atoms with van der Waals surface area (Å²) < 4.78 is 1.81. The van der Waals surface area contributed by atoms with E-state index in [0.717, 1.165) is 24.0 Å². The molecule has 4 heteroatoms. The lowest BCUT2D eigenvalue weighted by Crippen LogP contribution is -2.21. The third-order valence-electron chi connectivity index (χ3n) is 2.74. The fourth-order valence-corrected chi connectivity index (χ4v) is 1.91. The molecular weight excluding hydrogens is 214 g/mol. The van der Waals surface area contributed by atoms with E-state index in [-0.39, 0.29) is 5.78 Å². The second kappa shape index (κ2) is 4.67. The van der Waals surface area contributed by atoms with E-state index < -0.39 is 0 Å². The molecule has 0 saturated heterocycles. The quantitative estimate of drug-likeness (QED) is 0.753. The van der Waals surface area contributed by atoms with E-state index in [2.05, 4.69) is 10.00 Å². The van der Waals surface area contributed by atoms with Gasteiger partial charge < -0.3 is 4.90 Å². The van der Waals surface area contributed by atoms with Crippen molar-refractivity contribution in [1.29, 1.82) is 0 Å². The lowest BCUT2D eigenvalue weighted by atomic mass is 10.1. The number of aromatic nitrogens is 2. The summed E-state index contributed by atoms with van der Waals surface area (Å²) in [5, 5.41) is 5.42. The van der Waals surface area contributed by atoms with Gasteiger partial charge >= 0.3 is 0 Å². The van der Waals surface area contributed by atoms with Crippen LogP contribution in [0.4, 0.5) is 0 Å². The van der Waals surface area contributed by atoms with E-state index in [9.17, 15) is 4.79 Å². The van der Waals surface area contributed by atoms with Gasteiger partial charge in [0.1, 0.15) is 5.69 Å². The van der Waals surface area contributed by atoms with Crippen LogP contribution in [-0.4, -0.2) is 41.1 Å². The minimum Gasteiger partial charge on any atom is -0.308 e. The Bertz CT molecular complexity index is 543. The van der Waals surface area contributed by atoms with Crippen LogP contribution in [0, 0.1) is 0 Å². The van der Waals surface area contributed by atoms with Crippen LogP contribution in [0.15, 0.2) is 24.3 Å². The molecule has 2 rings (SSSR count). The summed E-state index contributed by atoms with van der Waals surface area (Å²) in [5.41, 5.74) is 1.60. The average molecular weight is 231 g/mol. The van der Waals surface area contributed by atoms with Crippen LogP contribution in [-0.2, 0) is 6.54 Å². The van der Waals surface area contributed by atoms with Gasteiger partial charge in [0.15, 0.2) is 5.78 Å². The molecule has 0 N–H and O–H groups in total. The monoisotopic (exact) mass is 231 g/mol. The van der Waals surface area contributed by atoms with E-state index in [1.807, 2.05) is 43.0 Å². The number of carbonyl (C=O) groups is 1. The van der Waals surface area contributed by atoms with E-state index in [1.54, 1.807) is 6.92 Å².